The Morgan fingerprint density at radius 2 is 2.06 bits per heavy atom. The Kier molecular flexibility index (Phi) is 4.63. The van der Waals surface area contributed by atoms with Gasteiger partial charge in [0.15, 0.2) is 6.29 Å². The Bertz CT molecular complexity index is 246. The summed E-state index contributed by atoms with van der Waals surface area (Å²) in [7, 11) is 1.35. The van der Waals surface area contributed by atoms with E-state index in [4.69, 9.17) is 14.6 Å². The molecule has 1 saturated heterocycles. The summed E-state index contributed by atoms with van der Waals surface area (Å²) in [5, 5.41) is 30.7. The van der Waals surface area contributed by atoms with Gasteiger partial charge in [-0.2, -0.15) is 0 Å². The highest BCUT2D eigenvalue weighted by Gasteiger charge is 2.44. The molecule has 1 amide bonds. The first-order valence-electron chi connectivity index (χ1n) is 4.93. The molecule has 1 aliphatic rings. The van der Waals surface area contributed by atoms with Crippen LogP contribution in [0.15, 0.2) is 0 Å². The lowest BCUT2D eigenvalue weighted by Crippen LogP contribution is -2.64. The van der Waals surface area contributed by atoms with Gasteiger partial charge in [0.05, 0.1) is 6.61 Å². The fourth-order valence-corrected chi connectivity index (χ4v) is 1.67. The summed E-state index contributed by atoms with van der Waals surface area (Å²) in [6, 6.07) is -0.861. The highest BCUT2D eigenvalue weighted by atomic mass is 16.7. The quantitative estimate of drug-likeness (QED) is 0.433. The molecule has 0 aromatic heterocycles. The van der Waals surface area contributed by atoms with Gasteiger partial charge in [-0.15, -0.1) is 0 Å². The molecule has 5 atom stereocenters. The molecule has 4 N–H and O–H groups in total. The average Bonchev–Trinajstić information content (AvgIpc) is 2.25. The molecule has 0 radical (unpaired) electrons. The second-order valence-corrected chi connectivity index (χ2v) is 3.67. The number of ether oxygens (including phenoxy) is 2. The van der Waals surface area contributed by atoms with Crippen LogP contribution in [0.2, 0.25) is 0 Å². The van der Waals surface area contributed by atoms with Crippen LogP contribution in [-0.2, 0) is 14.3 Å². The third-order valence-corrected chi connectivity index (χ3v) is 2.48. The van der Waals surface area contributed by atoms with Gasteiger partial charge in [0.1, 0.15) is 24.4 Å². The summed E-state index contributed by atoms with van der Waals surface area (Å²) >= 11 is 0. The van der Waals surface area contributed by atoms with E-state index in [1.165, 1.54) is 14.0 Å². The van der Waals surface area contributed by atoms with Crippen LogP contribution >= 0.6 is 0 Å². The van der Waals surface area contributed by atoms with E-state index in [1.54, 1.807) is 0 Å². The van der Waals surface area contributed by atoms with Gasteiger partial charge in [0.25, 0.3) is 0 Å². The fourth-order valence-electron chi connectivity index (χ4n) is 1.67. The largest absolute Gasteiger partial charge is 0.394 e. The molecule has 1 rings (SSSR count). The Hall–Kier alpha value is -0.730. The third-order valence-electron chi connectivity index (χ3n) is 2.48. The zero-order valence-corrected chi connectivity index (χ0v) is 9.16. The van der Waals surface area contributed by atoms with Gasteiger partial charge >= 0.3 is 0 Å². The molecule has 94 valence electrons. The molecule has 1 fully saturated rings. The maximum Gasteiger partial charge on any atom is 0.217 e. The van der Waals surface area contributed by atoms with Crippen molar-refractivity contribution in [3.05, 3.63) is 0 Å². The zero-order chi connectivity index (χ0) is 12.3. The van der Waals surface area contributed by atoms with E-state index in [-0.39, 0.29) is 5.91 Å². The van der Waals surface area contributed by atoms with E-state index in [9.17, 15) is 15.0 Å². The van der Waals surface area contributed by atoms with Crippen LogP contribution in [-0.4, -0.2) is 65.6 Å². The van der Waals surface area contributed by atoms with Gasteiger partial charge in [0.2, 0.25) is 5.91 Å². The number of hydrogen-bond donors (Lipinski definition) is 4. The van der Waals surface area contributed by atoms with Crippen molar-refractivity contribution in [1.29, 1.82) is 0 Å². The highest BCUT2D eigenvalue weighted by molar-refractivity contribution is 5.73. The first kappa shape index (κ1) is 13.3. The number of aliphatic hydroxyl groups is 3. The Balaban J connectivity index is 2.77. The summed E-state index contributed by atoms with van der Waals surface area (Å²) in [5.41, 5.74) is 0. The van der Waals surface area contributed by atoms with E-state index in [1.807, 2.05) is 0 Å². The van der Waals surface area contributed by atoms with E-state index < -0.39 is 37.3 Å². The monoisotopic (exact) mass is 235 g/mol. The second-order valence-electron chi connectivity index (χ2n) is 3.67. The number of carbonyl (C=O) groups is 1. The average molecular weight is 235 g/mol. The zero-order valence-electron chi connectivity index (χ0n) is 9.16. The smallest absolute Gasteiger partial charge is 0.217 e. The van der Waals surface area contributed by atoms with Crippen LogP contribution in [0.1, 0.15) is 6.92 Å². The number of aliphatic hydroxyl groups excluding tert-OH is 3. The van der Waals surface area contributed by atoms with Gasteiger partial charge < -0.3 is 30.1 Å². The Morgan fingerprint density at radius 3 is 2.50 bits per heavy atom. The number of nitrogens with one attached hydrogen (secondary N) is 1. The molecule has 16 heavy (non-hydrogen) atoms. The minimum Gasteiger partial charge on any atom is -0.394 e. The van der Waals surface area contributed by atoms with Crippen molar-refractivity contribution in [2.75, 3.05) is 13.7 Å². The van der Waals surface area contributed by atoms with Gasteiger partial charge in [-0.05, 0) is 0 Å². The number of hydrogen-bond acceptors (Lipinski definition) is 6. The van der Waals surface area contributed by atoms with Crippen molar-refractivity contribution >= 4 is 5.91 Å². The summed E-state index contributed by atoms with van der Waals surface area (Å²) in [4.78, 5) is 10.9. The van der Waals surface area contributed by atoms with Crippen molar-refractivity contribution in [2.45, 2.75) is 37.6 Å². The van der Waals surface area contributed by atoms with Crippen molar-refractivity contribution in [3.63, 3.8) is 0 Å². The molecule has 0 aliphatic carbocycles. The van der Waals surface area contributed by atoms with Crippen molar-refractivity contribution in [1.82, 2.24) is 5.32 Å². The minimum absolute atomic E-state index is 0.371. The lowest BCUT2D eigenvalue weighted by Gasteiger charge is -2.41. The summed E-state index contributed by atoms with van der Waals surface area (Å²) < 4.78 is 10.1. The van der Waals surface area contributed by atoms with Crippen molar-refractivity contribution in [3.8, 4) is 0 Å². The number of rotatable bonds is 3. The first-order valence-corrected chi connectivity index (χ1v) is 4.93. The van der Waals surface area contributed by atoms with E-state index in [0.717, 1.165) is 0 Å². The van der Waals surface area contributed by atoms with Crippen molar-refractivity contribution in [2.24, 2.45) is 0 Å². The first-order chi connectivity index (χ1) is 7.51. The predicted octanol–water partition coefficient (Wildman–Crippen LogP) is -2.42. The predicted molar refractivity (Wildman–Crippen MR) is 52.4 cm³/mol. The van der Waals surface area contributed by atoms with E-state index >= 15 is 0 Å². The molecule has 0 bridgehead atoms. The number of amides is 1. The number of carbonyl (C=O) groups excluding carboxylic acids is 1. The van der Waals surface area contributed by atoms with Gasteiger partial charge in [-0.25, -0.2) is 0 Å². The SMILES string of the molecule is CO[C@H]1O[C@H](CO)[C@H](O)[C@H](O)C1NC(C)=O. The molecule has 0 spiro atoms. The second kappa shape index (κ2) is 5.55. The van der Waals surface area contributed by atoms with Crippen LogP contribution < -0.4 is 5.32 Å². The maximum absolute atomic E-state index is 10.9. The Morgan fingerprint density at radius 1 is 1.44 bits per heavy atom. The van der Waals surface area contributed by atoms with Crippen LogP contribution in [0, 0.1) is 0 Å². The van der Waals surface area contributed by atoms with Crippen LogP contribution in [0.4, 0.5) is 0 Å². The molecule has 7 nitrogen and oxygen atoms in total. The lowest BCUT2D eigenvalue weighted by molar-refractivity contribution is -0.262. The molecule has 0 aromatic carbocycles. The van der Waals surface area contributed by atoms with Gasteiger partial charge in [-0.3, -0.25) is 4.79 Å². The van der Waals surface area contributed by atoms with Gasteiger partial charge in [-0.1, -0.05) is 0 Å². The van der Waals surface area contributed by atoms with Crippen LogP contribution in [0.5, 0.6) is 0 Å². The molecule has 0 aromatic rings. The molecular formula is C9H17NO6. The number of methoxy groups -OCH3 is 1. The molecule has 1 heterocycles. The van der Waals surface area contributed by atoms with Gasteiger partial charge in [0, 0.05) is 14.0 Å². The van der Waals surface area contributed by atoms with E-state index in [2.05, 4.69) is 5.32 Å². The molecular weight excluding hydrogens is 218 g/mol. The molecule has 7 heteroatoms. The topological polar surface area (TPSA) is 108 Å². The fraction of sp³-hybridized carbons (Fsp3) is 0.889. The molecule has 1 aliphatic heterocycles. The Labute approximate surface area is 93.0 Å². The van der Waals surface area contributed by atoms with Crippen LogP contribution in [0.3, 0.4) is 0 Å². The normalized spacial score (nSPS) is 39.4. The molecule has 1 unspecified atom stereocenters. The maximum atomic E-state index is 10.9. The lowest BCUT2D eigenvalue weighted by atomic mass is 9.97. The van der Waals surface area contributed by atoms with Crippen LogP contribution in [0.25, 0.3) is 0 Å². The highest BCUT2D eigenvalue weighted by Crippen LogP contribution is 2.21. The summed E-state index contributed by atoms with van der Waals surface area (Å²) in [6.07, 6.45) is -4.35. The van der Waals surface area contributed by atoms with Crippen molar-refractivity contribution < 1.29 is 29.6 Å². The standard InChI is InChI=1S/C9H17NO6/c1-4(12)10-6-8(14)7(13)5(3-11)16-9(6)15-2/h5-9,11,13-14H,3H2,1-2H3,(H,10,12)/t5-,6?,7+,8-,9+/m1/s1. The third kappa shape index (κ3) is 2.69. The van der Waals surface area contributed by atoms with E-state index in [0.29, 0.717) is 0 Å². The summed E-state index contributed by atoms with van der Waals surface area (Å²) in [6.45, 7) is 0.842. The summed E-state index contributed by atoms with van der Waals surface area (Å²) in [5.74, 6) is -0.371. The molecule has 0 saturated carbocycles. The minimum atomic E-state index is -1.27.